The molecule has 0 fully saturated rings. The summed E-state index contributed by atoms with van der Waals surface area (Å²) in [4.78, 5) is 12.0. The number of rotatable bonds is 12. The first-order chi connectivity index (χ1) is 16.4. The molecule has 11 heteroatoms. The fourth-order valence-corrected chi connectivity index (χ4v) is 3.70. The van der Waals surface area contributed by atoms with Gasteiger partial charge in [-0.3, -0.25) is 0 Å². The van der Waals surface area contributed by atoms with Gasteiger partial charge < -0.3 is 18.9 Å². The van der Waals surface area contributed by atoms with Crippen molar-refractivity contribution >= 4 is 50.3 Å². The van der Waals surface area contributed by atoms with Crippen molar-refractivity contribution in [2.45, 2.75) is 0 Å². The Morgan fingerprint density at radius 2 is 1.26 bits per heavy atom. The number of benzene rings is 2. The second-order valence-corrected chi connectivity index (χ2v) is 8.05. The van der Waals surface area contributed by atoms with Gasteiger partial charge in [-0.15, -0.1) is 0 Å². The molecule has 0 aliphatic heterocycles. The predicted molar refractivity (Wildman–Crippen MR) is 140 cm³/mol. The quantitative estimate of drug-likeness (QED) is 0.204. The number of nitrogens with zero attached hydrogens (tertiary/aromatic N) is 2. The van der Waals surface area contributed by atoms with Crippen molar-refractivity contribution in [2.75, 3.05) is 27.4 Å². The Hall–Kier alpha value is -3.31. The minimum atomic E-state index is -0.624. The number of hydrogen-bond acceptors (Lipinski definition) is 7. The molecule has 0 aliphatic rings. The third kappa shape index (κ3) is 7.92. The van der Waals surface area contributed by atoms with Crippen LogP contribution in [0.3, 0.4) is 0 Å². The number of methoxy groups -OCH3 is 2. The van der Waals surface area contributed by atoms with Crippen molar-refractivity contribution in [1.82, 2.24) is 10.9 Å². The number of urea groups is 1. The van der Waals surface area contributed by atoms with Crippen LogP contribution < -0.4 is 29.8 Å². The molecule has 0 aromatic heterocycles. The first kappa shape index (κ1) is 26.9. The second-order valence-electron chi connectivity index (χ2n) is 6.34. The number of ether oxygens (including phenoxy) is 4. The van der Waals surface area contributed by atoms with Gasteiger partial charge in [0, 0.05) is 0 Å². The molecule has 0 heterocycles. The molecule has 2 amide bonds. The Labute approximate surface area is 214 Å². The fourth-order valence-electron chi connectivity index (χ4n) is 2.55. The first-order valence-corrected chi connectivity index (χ1v) is 11.4. The van der Waals surface area contributed by atoms with Gasteiger partial charge in [-0.2, -0.15) is 10.2 Å². The standard InChI is InChI=1S/C23H24Br2N4O5/c1-5-7-33-21-17(24)9-15(11-19(21)31-3)13-26-28-23(30)29-27-14-16-10-18(25)22(34-8-6-2)20(12-16)32-4/h5-6,9-14H,1-2,7-8H2,3-4H3,(H2,28,29,30). The van der Waals surface area contributed by atoms with Gasteiger partial charge >= 0.3 is 6.03 Å². The molecule has 34 heavy (non-hydrogen) atoms. The number of nitrogens with one attached hydrogen (secondary N) is 2. The van der Waals surface area contributed by atoms with Crippen LogP contribution in [-0.2, 0) is 0 Å². The van der Waals surface area contributed by atoms with E-state index in [1.54, 1.807) is 36.4 Å². The minimum absolute atomic E-state index is 0.335. The Bertz CT molecular complexity index is 1010. The first-order valence-electron chi connectivity index (χ1n) is 9.78. The summed E-state index contributed by atoms with van der Waals surface area (Å²) in [5.74, 6) is 2.11. The molecule has 9 nitrogen and oxygen atoms in total. The van der Waals surface area contributed by atoms with Crippen LogP contribution >= 0.6 is 31.9 Å². The number of carbonyl (C=O) groups is 1. The zero-order valence-electron chi connectivity index (χ0n) is 18.6. The van der Waals surface area contributed by atoms with Crippen LogP contribution in [0.15, 0.2) is 68.7 Å². The molecule has 0 radical (unpaired) electrons. The summed E-state index contributed by atoms with van der Waals surface area (Å²) in [6.07, 6.45) is 6.18. The summed E-state index contributed by atoms with van der Waals surface area (Å²) in [6, 6.07) is 6.36. The van der Waals surface area contributed by atoms with Crippen molar-refractivity contribution < 1.29 is 23.7 Å². The van der Waals surface area contributed by atoms with Gasteiger partial charge in [0.15, 0.2) is 23.0 Å². The molecular weight excluding hydrogens is 572 g/mol. The summed E-state index contributed by atoms with van der Waals surface area (Å²) in [7, 11) is 3.06. The highest BCUT2D eigenvalue weighted by Gasteiger charge is 2.12. The lowest BCUT2D eigenvalue weighted by Gasteiger charge is -2.12. The highest BCUT2D eigenvalue weighted by molar-refractivity contribution is 9.11. The number of hydrazone groups is 2. The maximum Gasteiger partial charge on any atom is 0.355 e. The van der Waals surface area contributed by atoms with Crippen LogP contribution in [0.2, 0.25) is 0 Å². The molecule has 2 aromatic rings. The van der Waals surface area contributed by atoms with Crippen LogP contribution in [0, 0.1) is 0 Å². The summed E-state index contributed by atoms with van der Waals surface area (Å²) in [5, 5.41) is 7.82. The number of halogens is 2. The topological polar surface area (TPSA) is 103 Å². The highest BCUT2D eigenvalue weighted by atomic mass is 79.9. The number of amides is 2. The monoisotopic (exact) mass is 594 g/mol. The van der Waals surface area contributed by atoms with E-state index in [0.717, 1.165) is 0 Å². The van der Waals surface area contributed by atoms with Gasteiger partial charge in [-0.1, -0.05) is 25.3 Å². The SMILES string of the molecule is C=CCOc1c(Br)cc(C=NNC(=O)NN=Cc2cc(Br)c(OCC=C)c(OC)c2)cc1OC. The largest absolute Gasteiger partial charge is 0.493 e. The molecule has 0 saturated carbocycles. The van der Waals surface area contributed by atoms with Crippen LogP contribution in [0.4, 0.5) is 4.79 Å². The molecule has 0 aliphatic carbocycles. The van der Waals surface area contributed by atoms with E-state index in [4.69, 9.17) is 18.9 Å². The van der Waals surface area contributed by atoms with E-state index in [2.05, 4.69) is 66.1 Å². The van der Waals surface area contributed by atoms with Gasteiger partial charge in [-0.25, -0.2) is 15.6 Å². The minimum Gasteiger partial charge on any atom is -0.493 e. The molecule has 0 atom stereocenters. The third-order valence-corrected chi connectivity index (χ3v) is 5.13. The predicted octanol–water partition coefficient (Wildman–Crippen LogP) is 5.03. The smallest absolute Gasteiger partial charge is 0.355 e. The number of hydrogen-bond donors (Lipinski definition) is 2. The van der Waals surface area contributed by atoms with Crippen molar-refractivity contribution in [3.05, 3.63) is 69.6 Å². The van der Waals surface area contributed by atoms with E-state index >= 15 is 0 Å². The molecule has 2 rings (SSSR count). The average Bonchev–Trinajstić information content (AvgIpc) is 2.82. The molecule has 0 unspecified atom stereocenters. The van der Waals surface area contributed by atoms with Crippen molar-refractivity contribution in [2.24, 2.45) is 10.2 Å². The lowest BCUT2D eigenvalue weighted by atomic mass is 10.2. The van der Waals surface area contributed by atoms with E-state index in [9.17, 15) is 4.79 Å². The molecular formula is C23H24Br2N4O5. The molecule has 0 spiro atoms. The molecule has 180 valence electrons. The summed E-state index contributed by atoms with van der Waals surface area (Å²) >= 11 is 6.87. The van der Waals surface area contributed by atoms with E-state index in [-0.39, 0.29) is 0 Å². The fraction of sp³-hybridized carbons (Fsp3) is 0.174. The Kier molecular flexibility index (Phi) is 11.1. The Morgan fingerprint density at radius 3 is 1.62 bits per heavy atom. The van der Waals surface area contributed by atoms with Gasteiger partial charge in [0.05, 0.1) is 35.6 Å². The van der Waals surface area contributed by atoms with Crippen LogP contribution in [0.5, 0.6) is 23.0 Å². The van der Waals surface area contributed by atoms with Gasteiger partial charge in [0.2, 0.25) is 0 Å². The van der Waals surface area contributed by atoms with Gasteiger partial charge in [0.25, 0.3) is 0 Å². The van der Waals surface area contributed by atoms with E-state index in [1.165, 1.54) is 26.6 Å². The van der Waals surface area contributed by atoms with E-state index in [1.807, 2.05) is 0 Å². The van der Waals surface area contributed by atoms with Gasteiger partial charge in [-0.05, 0) is 67.3 Å². The van der Waals surface area contributed by atoms with Crippen LogP contribution in [-0.4, -0.2) is 45.9 Å². The molecule has 0 bridgehead atoms. The Morgan fingerprint density at radius 1 is 0.853 bits per heavy atom. The van der Waals surface area contributed by atoms with Crippen molar-refractivity contribution in [3.8, 4) is 23.0 Å². The number of carbonyl (C=O) groups excluding carboxylic acids is 1. The zero-order valence-corrected chi connectivity index (χ0v) is 21.8. The maximum absolute atomic E-state index is 12.0. The average molecular weight is 596 g/mol. The second kappa shape index (κ2) is 14.1. The lowest BCUT2D eigenvalue weighted by Crippen LogP contribution is -2.28. The van der Waals surface area contributed by atoms with Crippen molar-refractivity contribution in [3.63, 3.8) is 0 Å². The van der Waals surface area contributed by atoms with Gasteiger partial charge in [0.1, 0.15) is 13.2 Å². The van der Waals surface area contributed by atoms with E-state index < -0.39 is 6.03 Å². The normalized spacial score (nSPS) is 10.7. The maximum atomic E-state index is 12.0. The molecule has 0 saturated heterocycles. The zero-order chi connectivity index (χ0) is 24.9. The summed E-state index contributed by atoms with van der Waals surface area (Å²) < 4.78 is 23.2. The Balaban J connectivity index is 1.98. The van der Waals surface area contributed by atoms with Crippen molar-refractivity contribution in [1.29, 1.82) is 0 Å². The lowest BCUT2D eigenvalue weighted by molar-refractivity contribution is 0.242. The summed E-state index contributed by atoms with van der Waals surface area (Å²) in [6.45, 7) is 7.92. The third-order valence-electron chi connectivity index (χ3n) is 3.95. The highest BCUT2D eigenvalue weighted by Crippen LogP contribution is 2.37. The van der Waals surface area contributed by atoms with Crippen LogP contribution in [0.1, 0.15) is 11.1 Å². The molecule has 2 N–H and O–H groups in total. The van der Waals surface area contributed by atoms with Crippen LogP contribution in [0.25, 0.3) is 0 Å². The molecule has 2 aromatic carbocycles. The van der Waals surface area contributed by atoms with E-state index in [0.29, 0.717) is 56.3 Å². The summed E-state index contributed by atoms with van der Waals surface area (Å²) in [5.41, 5.74) is 6.01.